The maximum Gasteiger partial charge on any atom is 0.227 e. The Morgan fingerprint density at radius 2 is 1.90 bits per heavy atom. The Balaban J connectivity index is 1.53. The lowest BCUT2D eigenvalue weighted by molar-refractivity contribution is -0.120. The van der Waals surface area contributed by atoms with Crippen LogP contribution in [0.3, 0.4) is 0 Å². The van der Waals surface area contributed by atoms with Gasteiger partial charge in [0.1, 0.15) is 12.4 Å². The molecule has 0 atom stereocenters. The van der Waals surface area contributed by atoms with Crippen LogP contribution in [-0.4, -0.2) is 38.3 Å². The summed E-state index contributed by atoms with van der Waals surface area (Å²) in [4.78, 5) is 12.6. The number of rotatable bonds is 8. The Bertz CT molecular complexity index is 984. The quantitative estimate of drug-likeness (QED) is 0.617. The van der Waals surface area contributed by atoms with Crippen LogP contribution in [0, 0.1) is 5.92 Å². The monoisotopic (exact) mass is 448 g/mol. The van der Waals surface area contributed by atoms with Gasteiger partial charge in [-0.1, -0.05) is 42.5 Å². The van der Waals surface area contributed by atoms with Gasteiger partial charge in [0.2, 0.25) is 15.9 Å². The Hall–Kier alpha value is -2.35. The minimum Gasteiger partial charge on any atom is -0.489 e. The standard InChI is InChI=1S/C22H25ClN2O4S/c1-2-14-29-21-5-3-4-20(15-21)24-22(26)18-10-12-25(13-11-18)30(27,28)16-17-6-8-19(23)9-7-17/h2-9,15,18H,1,10-14,16H2,(H,24,26). The van der Waals surface area contributed by atoms with Gasteiger partial charge in [-0.25, -0.2) is 12.7 Å². The molecule has 8 heteroatoms. The van der Waals surface area contributed by atoms with E-state index < -0.39 is 10.0 Å². The molecule has 1 N–H and O–H groups in total. The lowest BCUT2D eigenvalue weighted by Crippen LogP contribution is -2.41. The van der Waals surface area contributed by atoms with Gasteiger partial charge >= 0.3 is 0 Å². The van der Waals surface area contributed by atoms with Crippen LogP contribution in [0.5, 0.6) is 5.75 Å². The number of nitrogens with one attached hydrogen (secondary N) is 1. The molecule has 0 bridgehead atoms. The second-order valence-electron chi connectivity index (χ2n) is 7.17. The molecular formula is C22H25ClN2O4S. The number of carbonyl (C=O) groups excluding carboxylic acids is 1. The first kappa shape index (κ1) is 22.3. The van der Waals surface area contributed by atoms with Crippen LogP contribution in [0.15, 0.2) is 61.2 Å². The molecule has 1 saturated heterocycles. The van der Waals surface area contributed by atoms with Crippen LogP contribution in [0.4, 0.5) is 5.69 Å². The van der Waals surface area contributed by atoms with Gasteiger partial charge in [-0.15, -0.1) is 0 Å². The molecule has 30 heavy (non-hydrogen) atoms. The Labute approximate surface area is 182 Å². The predicted octanol–water partition coefficient (Wildman–Crippen LogP) is 4.09. The number of ether oxygens (including phenoxy) is 1. The topological polar surface area (TPSA) is 75.7 Å². The zero-order valence-electron chi connectivity index (χ0n) is 16.6. The number of hydrogen-bond donors (Lipinski definition) is 1. The molecule has 1 heterocycles. The number of hydrogen-bond acceptors (Lipinski definition) is 4. The molecule has 0 aliphatic carbocycles. The van der Waals surface area contributed by atoms with Gasteiger partial charge in [0, 0.05) is 35.8 Å². The molecule has 0 saturated carbocycles. The Morgan fingerprint density at radius 3 is 2.57 bits per heavy atom. The van der Waals surface area contributed by atoms with Crippen molar-refractivity contribution in [3.63, 3.8) is 0 Å². The first-order chi connectivity index (χ1) is 14.4. The van der Waals surface area contributed by atoms with Crippen molar-refractivity contribution in [3.05, 3.63) is 71.8 Å². The smallest absolute Gasteiger partial charge is 0.227 e. The van der Waals surface area contributed by atoms with E-state index >= 15 is 0 Å². The summed E-state index contributed by atoms with van der Waals surface area (Å²) in [7, 11) is -3.44. The van der Waals surface area contributed by atoms with Crippen molar-refractivity contribution in [2.24, 2.45) is 5.92 Å². The van der Waals surface area contributed by atoms with E-state index in [-0.39, 0.29) is 17.6 Å². The summed E-state index contributed by atoms with van der Waals surface area (Å²) >= 11 is 5.86. The van der Waals surface area contributed by atoms with E-state index in [1.807, 2.05) is 6.07 Å². The van der Waals surface area contributed by atoms with E-state index in [4.69, 9.17) is 16.3 Å². The molecule has 2 aromatic rings. The summed E-state index contributed by atoms with van der Waals surface area (Å²) < 4.78 is 32.4. The molecule has 3 rings (SSSR count). The van der Waals surface area contributed by atoms with Gasteiger partial charge < -0.3 is 10.1 Å². The van der Waals surface area contributed by atoms with Crippen LogP contribution in [0.25, 0.3) is 0 Å². The van der Waals surface area contributed by atoms with Crippen molar-refractivity contribution in [2.75, 3.05) is 25.0 Å². The van der Waals surface area contributed by atoms with E-state index in [1.165, 1.54) is 4.31 Å². The number of anilines is 1. The first-order valence-corrected chi connectivity index (χ1v) is 11.7. The SMILES string of the molecule is C=CCOc1cccc(NC(=O)C2CCN(S(=O)(=O)Cc3ccc(Cl)cc3)CC2)c1. The van der Waals surface area contributed by atoms with Gasteiger partial charge in [-0.05, 0) is 42.7 Å². The zero-order chi connectivity index (χ0) is 21.6. The van der Waals surface area contributed by atoms with Gasteiger partial charge in [-0.2, -0.15) is 0 Å². The van der Waals surface area contributed by atoms with Gasteiger partial charge in [0.15, 0.2) is 0 Å². The van der Waals surface area contributed by atoms with Crippen LogP contribution in [0.1, 0.15) is 18.4 Å². The number of halogens is 1. The van der Waals surface area contributed by atoms with Crippen molar-refractivity contribution in [1.29, 1.82) is 0 Å². The van der Waals surface area contributed by atoms with Crippen LogP contribution in [0.2, 0.25) is 5.02 Å². The van der Waals surface area contributed by atoms with Crippen molar-refractivity contribution < 1.29 is 17.9 Å². The lowest BCUT2D eigenvalue weighted by atomic mass is 9.97. The molecule has 2 aromatic carbocycles. The van der Waals surface area contributed by atoms with Crippen molar-refractivity contribution in [3.8, 4) is 5.75 Å². The summed E-state index contributed by atoms with van der Waals surface area (Å²) in [5.41, 5.74) is 1.34. The molecule has 1 aliphatic heterocycles. The summed E-state index contributed by atoms with van der Waals surface area (Å²) in [5, 5.41) is 3.47. The molecule has 0 radical (unpaired) electrons. The van der Waals surface area contributed by atoms with E-state index in [0.29, 0.717) is 54.6 Å². The van der Waals surface area contributed by atoms with E-state index in [9.17, 15) is 13.2 Å². The zero-order valence-corrected chi connectivity index (χ0v) is 18.2. The highest BCUT2D eigenvalue weighted by molar-refractivity contribution is 7.88. The highest BCUT2D eigenvalue weighted by Crippen LogP contribution is 2.24. The van der Waals surface area contributed by atoms with Gasteiger partial charge in [-0.3, -0.25) is 4.79 Å². The van der Waals surface area contributed by atoms with Crippen molar-refractivity contribution >= 4 is 33.2 Å². The van der Waals surface area contributed by atoms with E-state index in [2.05, 4.69) is 11.9 Å². The number of amides is 1. The van der Waals surface area contributed by atoms with Crippen LogP contribution in [-0.2, 0) is 20.6 Å². The second-order valence-corrected chi connectivity index (χ2v) is 9.58. The average Bonchev–Trinajstić information content (AvgIpc) is 2.74. The third-order valence-electron chi connectivity index (χ3n) is 4.95. The summed E-state index contributed by atoms with van der Waals surface area (Å²) in [6, 6.07) is 14.0. The highest BCUT2D eigenvalue weighted by atomic mass is 35.5. The summed E-state index contributed by atoms with van der Waals surface area (Å²) in [5.74, 6) is 0.240. The molecule has 0 aromatic heterocycles. The molecular weight excluding hydrogens is 424 g/mol. The number of sulfonamides is 1. The molecule has 1 amide bonds. The van der Waals surface area contributed by atoms with Gasteiger partial charge in [0.05, 0.1) is 5.75 Å². The number of benzene rings is 2. The van der Waals surface area contributed by atoms with Crippen molar-refractivity contribution in [1.82, 2.24) is 4.31 Å². The maximum atomic E-state index is 12.7. The fourth-order valence-corrected chi connectivity index (χ4v) is 5.03. The number of carbonyl (C=O) groups is 1. The minimum atomic E-state index is -3.44. The van der Waals surface area contributed by atoms with Crippen LogP contribution < -0.4 is 10.1 Å². The van der Waals surface area contributed by atoms with Gasteiger partial charge in [0.25, 0.3) is 0 Å². The molecule has 1 fully saturated rings. The number of nitrogens with zero attached hydrogens (tertiary/aromatic N) is 1. The van der Waals surface area contributed by atoms with E-state index in [1.54, 1.807) is 48.5 Å². The van der Waals surface area contributed by atoms with Crippen molar-refractivity contribution in [2.45, 2.75) is 18.6 Å². The molecule has 0 spiro atoms. The third kappa shape index (κ3) is 6.08. The highest BCUT2D eigenvalue weighted by Gasteiger charge is 2.31. The normalized spacial score (nSPS) is 15.5. The lowest BCUT2D eigenvalue weighted by Gasteiger charge is -2.30. The predicted molar refractivity (Wildman–Crippen MR) is 119 cm³/mol. The van der Waals surface area contributed by atoms with E-state index in [0.717, 1.165) is 0 Å². The maximum absolute atomic E-state index is 12.7. The fraction of sp³-hybridized carbons (Fsp3) is 0.318. The molecule has 6 nitrogen and oxygen atoms in total. The Kier molecular flexibility index (Phi) is 7.53. The third-order valence-corrected chi connectivity index (χ3v) is 7.05. The summed E-state index contributed by atoms with van der Waals surface area (Å²) in [6.45, 7) is 4.66. The summed E-state index contributed by atoms with van der Waals surface area (Å²) in [6.07, 6.45) is 2.62. The second kappa shape index (κ2) is 10.1. The largest absolute Gasteiger partial charge is 0.489 e. The molecule has 0 unspecified atom stereocenters. The minimum absolute atomic E-state index is 0.0709. The fourth-order valence-electron chi connectivity index (χ4n) is 3.34. The van der Waals surface area contributed by atoms with Crippen LogP contribution >= 0.6 is 11.6 Å². The molecule has 160 valence electrons. The molecule has 1 aliphatic rings. The number of piperidine rings is 1. The first-order valence-electron chi connectivity index (χ1n) is 9.74. The average molecular weight is 449 g/mol. The Morgan fingerprint density at radius 1 is 1.20 bits per heavy atom.